The predicted octanol–water partition coefficient (Wildman–Crippen LogP) is 3.69. The van der Waals surface area contributed by atoms with Crippen molar-refractivity contribution in [2.75, 3.05) is 12.0 Å². The predicted molar refractivity (Wildman–Crippen MR) is 146 cm³/mol. The van der Waals surface area contributed by atoms with Crippen molar-refractivity contribution in [3.8, 4) is 5.75 Å². The van der Waals surface area contributed by atoms with Gasteiger partial charge in [0.15, 0.2) is 0 Å². The highest BCUT2D eigenvalue weighted by Crippen LogP contribution is 2.21. The average molecular weight is 513 g/mol. The first-order chi connectivity index (χ1) is 18.6. The third kappa shape index (κ3) is 7.86. The molecular weight excluding hydrogens is 480 g/mol. The molecule has 9 heteroatoms. The van der Waals surface area contributed by atoms with Gasteiger partial charge in [0.05, 0.1) is 6.04 Å². The van der Waals surface area contributed by atoms with E-state index in [1.165, 1.54) is 0 Å². The van der Waals surface area contributed by atoms with Crippen LogP contribution in [0.3, 0.4) is 0 Å². The molecule has 0 aliphatic heterocycles. The van der Waals surface area contributed by atoms with E-state index in [4.69, 9.17) is 0 Å². The summed E-state index contributed by atoms with van der Waals surface area (Å²) >= 11 is 0. The highest BCUT2D eigenvalue weighted by molar-refractivity contribution is 5.87. The molecule has 4 rings (SSSR count). The zero-order valence-electron chi connectivity index (χ0n) is 21.0. The summed E-state index contributed by atoms with van der Waals surface area (Å²) in [7, 11) is 0. The maximum Gasteiger partial charge on any atom is 0.316 e. The number of urea groups is 1. The Labute approximate surface area is 221 Å². The monoisotopic (exact) mass is 512 g/mol. The van der Waals surface area contributed by atoms with Crippen LogP contribution in [0, 0.1) is 0 Å². The van der Waals surface area contributed by atoms with Crippen molar-refractivity contribution in [1.29, 1.82) is 0 Å². The van der Waals surface area contributed by atoms with Gasteiger partial charge in [-0.2, -0.15) is 0 Å². The van der Waals surface area contributed by atoms with Crippen LogP contribution in [0.5, 0.6) is 5.75 Å². The standard InChI is InChI=1S/C29H32N6O3/c36-25-15-13-22(14-16-25)20-31-28(37)26(12-7-17-32-35-19-18-30-21-35)33-29(38)34-27(23-8-3-1-4-9-23)24-10-5-2-6-11-24/h1-6,8-11,13-16,18-19,21,26-27,32,36H,7,12,17,20H2,(H,31,37)(H2,33,34,38). The van der Waals surface area contributed by atoms with Gasteiger partial charge in [-0.1, -0.05) is 72.8 Å². The van der Waals surface area contributed by atoms with Crippen LogP contribution in [0.4, 0.5) is 4.79 Å². The summed E-state index contributed by atoms with van der Waals surface area (Å²) < 4.78 is 1.74. The summed E-state index contributed by atoms with van der Waals surface area (Å²) in [5.74, 6) is -0.125. The summed E-state index contributed by atoms with van der Waals surface area (Å²) in [6.07, 6.45) is 6.18. The van der Waals surface area contributed by atoms with Crippen LogP contribution in [0.2, 0.25) is 0 Å². The zero-order valence-corrected chi connectivity index (χ0v) is 21.0. The second-order valence-electron chi connectivity index (χ2n) is 8.83. The maximum absolute atomic E-state index is 13.2. The van der Waals surface area contributed by atoms with E-state index in [0.29, 0.717) is 19.4 Å². The number of carbonyl (C=O) groups is 2. The zero-order chi connectivity index (χ0) is 26.6. The molecule has 196 valence electrons. The van der Waals surface area contributed by atoms with Crippen LogP contribution in [0.15, 0.2) is 104 Å². The quantitative estimate of drug-likeness (QED) is 0.186. The molecule has 38 heavy (non-hydrogen) atoms. The van der Waals surface area contributed by atoms with Crippen molar-refractivity contribution >= 4 is 11.9 Å². The topological polar surface area (TPSA) is 120 Å². The van der Waals surface area contributed by atoms with Gasteiger partial charge < -0.3 is 26.5 Å². The first-order valence-electron chi connectivity index (χ1n) is 12.5. The van der Waals surface area contributed by atoms with Crippen molar-refractivity contribution in [1.82, 2.24) is 25.6 Å². The van der Waals surface area contributed by atoms with Gasteiger partial charge in [-0.25, -0.2) is 9.78 Å². The lowest BCUT2D eigenvalue weighted by Crippen LogP contribution is -2.50. The van der Waals surface area contributed by atoms with Crippen LogP contribution in [-0.2, 0) is 11.3 Å². The average Bonchev–Trinajstić information content (AvgIpc) is 3.47. The molecular formula is C29H32N6O3. The fourth-order valence-electron chi connectivity index (χ4n) is 4.04. The largest absolute Gasteiger partial charge is 0.508 e. The third-order valence-corrected chi connectivity index (χ3v) is 6.03. The van der Waals surface area contributed by atoms with Gasteiger partial charge in [-0.05, 0) is 41.7 Å². The molecule has 0 radical (unpaired) electrons. The van der Waals surface area contributed by atoms with Crippen LogP contribution in [0.1, 0.15) is 35.6 Å². The number of hydrogen-bond donors (Lipinski definition) is 5. The Kier molecular flexibility index (Phi) is 9.33. The molecule has 0 spiro atoms. The van der Waals surface area contributed by atoms with E-state index in [-0.39, 0.29) is 24.2 Å². The minimum absolute atomic E-state index is 0.160. The second kappa shape index (κ2) is 13.5. The van der Waals surface area contributed by atoms with Gasteiger partial charge in [0.2, 0.25) is 5.91 Å². The molecule has 1 atom stereocenters. The molecule has 4 aromatic rings. The van der Waals surface area contributed by atoms with Crippen molar-refractivity contribution in [2.24, 2.45) is 0 Å². The molecule has 0 bridgehead atoms. The normalized spacial score (nSPS) is 11.5. The minimum Gasteiger partial charge on any atom is -0.508 e. The van der Waals surface area contributed by atoms with Crippen LogP contribution in [-0.4, -0.2) is 39.3 Å². The molecule has 1 aromatic heterocycles. The Morgan fingerprint density at radius 3 is 2.13 bits per heavy atom. The van der Waals surface area contributed by atoms with Crippen molar-refractivity contribution in [2.45, 2.75) is 31.5 Å². The Bertz CT molecular complexity index is 1230. The molecule has 0 saturated carbocycles. The Balaban J connectivity index is 1.41. The number of benzene rings is 3. The van der Waals surface area contributed by atoms with Gasteiger partial charge in [0.1, 0.15) is 18.1 Å². The van der Waals surface area contributed by atoms with Crippen LogP contribution in [0.25, 0.3) is 0 Å². The number of hydrogen-bond acceptors (Lipinski definition) is 5. The van der Waals surface area contributed by atoms with Crippen molar-refractivity contribution in [3.05, 3.63) is 120 Å². The highest BCUT2D eigenvalue weighted by atomic mass is 16.3. The highest BCUT2D eigenvalue weighted by Gasteiger charge is 2.23. The number of nitrogens with zero attached hydrogens (tertiary/aromatic N) is 2. The molecule has 3 amide bonds. The lowest BCUT2D eigenvalue weighted by molar-refractivity contribution is -0.123. The van der Waals surface area contributed by atoms with Crippen LogP contribution >= 0.6 is 0 Å². The summed E-state index contributed by atoms with van der Waals surface area (Å²) in [5, 5.41) is 18.3. The van der Waals surface area contributed by atoms with Gasteiger partial charge in [0.25, 0.3) is 0 Å². The summed E-state index contributed by atoms with van der Waals surface area (Å²) in [6.45, 7) is 0.876. The Hall–Kier alpha value is -4.79. The Morgan fingerprint density at radius 2 is 1.53 bits per heavy atom. The molecule has 1 heterocycles. The summed E-state index contributed by atoms with van der Waals surface area (Å²) in [5.41, 5.74) is 5.90. The first kappa shape index (κ1) is 26.3. The second-order valence-corrected chi connectivity index (χ2v) is 8.83. The van der Waals surface area contributed by atoms with Gasteiger partial charge in [0, 0.05) is 25.5 Å². The number of aromatic hydroxyl groups is 1. The smallest absolute Gasteiger partial charge is 0.316 e. The number of nitrogens with one attached hydrogen (secondary N) is 4. The van der Waals surface area contributed by atoms with E-state index in [1.54, 1.807) is 47.7 Å². The molecule has 0 saturated heterocycles. The lowest BCUT2D eigenvalue weighted by atomic mass is 9.99. The number of carbonyl (C=O) groups excluding carboxylic acids is 2. The SMILES string of the molecule is O=C(NC(CCCNn1ccnc1)C(=O)NCc1ccc(O)cc1)NC(c1ccccc1)c1ccccc1. The number of amides is 3. The van der Waals surface area contributed by atoms with Gasteiger partial charge in [-0.15, -0.1) is 0 Å². The number of phenols is 1. The number of imidazole rings is 1. The van der Waals surface area contributed by atoms with Gasteiger partial charge in [-0.3, -0.25) is 9.47 Å². The van der Waals surface area contributed by atoms with Gasteiger partial charge >= 0.3 is 6.03 Å². The molecule has 1 unspecified atom stereocenters. The van der Waals surface area contributed by atoms with Crippen molar-refractivity contribution < 1.29 is 14.7 Å². The van der Waals surface area contributed by atoms with Crippen LogP contribution < -0.4 is 21.4 Å². The maximum atomic E-state index is 13.2. The summed E-state index contributed by atoms with van der Waals surface area (Å²) in [6, 6.07) is 24.5. The van der Waals surface area contributed by atoms with E-state index in [0.717, 1.165) is 16.7 Å². The molecule has 0 aliphatic carbocycles. The van der Waals surface area contributed by atoms with E-state index in [2.05, 4.69) is 26.4 Å². The molecule has 3 aromatic carbocycles. The molecule has 0 aliphatic rings. The van der Waals surface area contributed by atoms with E-state index < -0.39 is 12.1 Å². The molecule has 9 nitrogen and oxygen atoms in total. The number of aromatic nitrogens is 2. The fourth-order valence-corrected chi connectivity index (χ4v) is 4.04. The Morgan fingerprint density at radius 1 is 0.868 bits per heavy atom. The van der Waals surface area contributed by atoms with E-state index in [1.807, 2.05) is 60.7 Å². The first-order valence-corrected chi connectivity index (χ1v) is 12.5. The minimum atomic E-state index is -0.746. The summed E-state index contributed by atoms with van der Waals surface area (Å²) in [4.78, 5) is 30.3. The third-order valence-electron chi connectivity index (χ3n) is 6.03. The molecule has 5 N–H and O–H groups in total. The van der Waals surface area contributed by atoms with Crippen molar-refractivity contribution in [3.63, 3.8) is 0 Å². The van der Waals surface area contributed by atoms with E-state index >= 15 is 0 Å². The molecule has 0 fully saturated rings. The van der Waals surface area contributed by atoms with E-state index in [9.17, 15) is 14.7 Å². The lowest BCUT2D eigenvalue weighted by Gasteiger charge is -2.23. The number of phenolic OH excluding ortho intramolecular Hbond substituents is 1. The number of rotatable bonds is 12. The fraction of sp³-hybridized carbons (Fsp3) is 0.207.